The average molecular weight is 340 g/mol. The third kappa shape index (κ3) is 7.25. The van der Waals surface area contributed by atoms with Gasteiger partial charge in [0.1, 0.15) is 5.75 Å². The maximum absolute atomic E-state index is 5.69. The van der Waals surface area contributed by atoms with Gasteiger partial charge in [0, 0.05) is 19.3 Å². The summed E-state index contributed by atoms with van der Waals surface area (Å²) in [5.74, 6) is 1.75. The number of aromatic nitrogens is 1. The molecule has 1 aromatic heterocycles. The lowest BCUT2D eigenvalue weighted by atomic mass is 10.1. The van der Waals surface area contributed by atoms with Gasteiger partial charge in [-0.25, -0.2) is 4.99 Å². The monoisotopic (exact) mass is 340 g/mol. The Balaban J connectivity index is 1.84. The summed E-state index contributed by atoms with van der Waals surface area (Å²) < 4.78 is 5.69. The molecule has 0 aliphatic carbocycles. The molecule has 1 aromatic carbocycles. The van der Waals surface area contributed by atoms with Crippen LogP contribution in [0.4, 0.5) is 0 Å². The molecule has 134 valence electrons. The predicted octanol–water partition coefficient (Wildman–Crippen LogP) is 3.17. The first-order valence-corrected chi connectivity index (χ1v) is 8.95. The van der Waals surface area contributed by atoms with E-state index in [4.69, 9.17) is 4.74 Å². The summed E-state index contributed by atoms with van der Waals surface area (Å²) in [7, 11) is 0. The van der Waals surface area contributed by atoms with Gasteiger partial charge in [-0.15, -0.1) is 0 Å². The van der Waals surface area contributed by atoms with E-state index in [1.54, 1.807) is 6.20 Å². The molecule has 0 aliphatic heterocycles. The Labute approximate surface area is 150 Å². The Morgan fingerprint density at radius 1 is 1.12 bits per heavy atom. The molecule has 25 heavy (non-hydrogen) atoms. The minimum Gasteiger partial charge on any atom is -0.494 e. The Morgan fingerprint density at radius 3 is 2.80 bits per heavy atom. The molecule has 0 radical (unpaired) electrons. The smallest absolute Gasteiger partial charge is 0.191 e. The van der Waals surface area contributed by atoms with Crippen LogP contribution in [0.5, 0.6) is 5.75 Å². The van der Waals surface area contributed by atoms with Gasteiger partial charge in [-0.05, 0) is 49.6 Å². The Bertz CT molecular complexity index is 643. The van der Waals surface area contributed by atoms with Crippen LogP contribution >= 0.6 is 0 Å². The first-order valence-electron chi connectivity index (χ1n) is 8.95. The van der Waals surface area contributed by atoms with Crippen molar-refractivity contribution in [2.75, 3.05) is 19.7 Å². The van der Waals surface area contributed by atoms with Gasteiger partial charge < -0.3 is 15.4 Å². The van der Waals surface area contributed by atoms with Crippen molar-refractivity contribution in [3.63, 3.8) is 0 Å². The van der Waals surface area contributed by atoms with Crippen molar-refractivity contribution in [1.82, 2.24) is 15.6 Å². The van der Waals surface area contributed by atoms with Crippen LogP contribution in [0.15, 0.2) is 53.7 Å². The minimum absolute atomic E-state index is 0.566. The normalized spacial score (nSPS) is 11.2. The fourth-order valence-corrected chi connectivity index (χ4v) is 2.33. The van der Waals surface area contributed by atoms with Crippen LogP contribution in [-0.4, -0.2) is 30.6 Å². The summed E-state index contributed by atoms with van der Waals surface area (Å²) in [6.45, 7) is 7.13. The van der Waals surface area contributed by atoms with Gasteiger partial charge in [0.25, 0.3) is 0 Å². The molecule has 0 spiro atoms. The maximum Gasteiger partial charge on any atom is 0.191 e. The lowest BCUT2D eigenvalue weighted by molar-refractivity contribution is 0.317. The molecule has 1 heterocycles. The predicted molar refractivity (Wildman–Crippen MR) is 103 cm³/mol. The standard InChI is InChI=1S/C20H28N4O/c1-3-14-25-19-10-7-8-17(15-19)11-13-23-20(21-4-2)24-16-18-9-5-6-12-22-18/h5-10,12,15H,3-4,11,13-14,16H2,1-2H3,(H2,21,23,24). The number of rotatable bonds is 9. The molecule has 0 unspecified atom stereocenters. The summed E-state index contributed by atoms with van der Waals surface area (Å²) in [6, 6.07) is 14.1. The third-order valence-electron chi connectivity index (χ3n) is 3.55. The topological polar surface area (TPSA) is 58.5 Å². The fraction of sp³-hybridized carbons (Fsp3) is 0.400. The zero-order chi connectivity index (χ0) is 17.7. The quantitative estimate of drug-likeness (QED) is 0.544. The van der Waals surface area contributed by atoms with E-state index in [1.807, 2.05) is 30.3 Å². The molecular formula is C20H28N4O. The highest BCUT2D eigenvalue weighted by Gasteiger charge is 2.00. The van der Waals surface area contributed by atoms with Gasteiger partial charge in [0.05, 0.1) is 18.8 Å². The largest absolute Gasteiger partial charge is 0.494 e. The van der Waals surface area contributed by atoms with Crippen LogP contribution in [0.25, 0.3) is 0 Å². The molecular weight excluding hydrogens is 312 g/mol. The number of ether oxygens (including phenoxy) is 1. The van der Waals surface area contributed by atoms with Gasteiger partial charge in [-0.2, -0.15) is 0 Å². The molecule has 0 amide bonds. The number of guanidine groups is 1. The van der Waals surface area contributed by atoms with E-state index in [-0.39, 0.29) is 0 Å². The SMILES string of the molecule is CCCOc1cccc(CCNC(=NCc2ccccn2)NCC)c1. The van der Waals surface area contributed by atoms with Crippen molar-refractivity contribution in [3.8, 4) is 5.75 Å². The minimum atomic E-state index is 0.566. The van der Waals surface area contributed by atoms with Crippen molar-refractivity contribution in [2.45, 2.75) is 33.2 Å². The molecule has 0 fully saturated rings. The number of hydrogen-bond acceptors (Lipinski definition) is 3. The first-order chi connectivity index (χ1) is 12.3. The molecule has 0 bridgehead atoms. The summed E-state index contributed by atoms with van der Waals surface area (Å²) in [5, 5.41) is 6.64. The molecule has 0 saturated carbocycles. The summed E-state index contributed by atoms with van der Waals surface area (Å²) >= 11 is 0. The lowest BCUT2D eigenvalue weighted by Crippen LogP contribution is -2.38. The van der Waals surface area contributed by atoms with E-state index in [0.717, 1.165) is 49.9 Å². The van der Waals surface area contributed by atoms with Crippen molar-refractivity contribution in [3.05, 3.63) is 59.9 Å². The number of hydrogen-bond donors (Lipinski definition) is 2. The third-order valence-corrected chi connectivity index (χ3v) is 3.55. The van der Waals surface area contributed by atoms with Crippen molar-refractivity contribution in [2.24, 2.45) is 4.99 Å². The molecule has 5 nitrogen and oxygen atoms in total. The first kappa shape index (κ1) is 18.8. The van der Waals surface area contributed by atoms with Crippen LogP contribution in [0.2, 0.25) is 0 Å². The van der Waals surface area contributed by atoms with E-state index in [1.165, 1.54) is 5.56 Å². The van der Waals surface area contributed by atoms with E-state index >= 15 is 0 Å². The van der Waals surface area contributed by atoms with Crippen LogP contribution in [-0.2, 0) is 13.0 Å². The van der Waals surface area contributed by atoms with E-state index in [9.17, 15) is 0 Å². The number of aliphatic imine (C=N–C) groups is 1. The summed E-state index contributed by atoms with van der Waals surface area (Å²) in [4.78, 5) is 8.88. The van der Waals surface area contributed by atoms with Gasteiger partial charge >= 0.3 is 0 Å². The molecule has 2 N–H and O–H groups in total. The molecule has 5 heteroatoms. The van der Waals surface area contributed by atoms with E-state index in [2.05, 4.69) is 46.6 Å². The maximum atomic E-state index is 5.69. The summed E-state index contributed by atoms with van der Waals surface area (Å²) in [5.41, 5.74) is 2.21. The van der Waals surface area contributed by atoms with Gasteiger partial charge in [-0.3, -0.25) is 4.98 Å². The highest BCUT2D eigenvalue weighted by Crippen LogP contribution is 2.13. The van der Waals surface area contributed by atoms with E-state index in [0.29, 0.717) is 6.54 Å². The van der Waals surface area contributed by atoms with Gasteiger partial charge in [0.15, 0.2) is 5.96 Å². The molecule has 0 atom stereocenters. The zero-order valence-corrected chi connectivity index (χ0v) is 15.2. The lowest BCUT2D eigenvalue weighted by Gasteiger charge is -2.12. The second-order valence-electron chi connectivity index (χ2n) is 5.69. The molecule has 2 rings (SSSR count). The number of pyridine rings is 1. The van der Waals surface area contributed by atoms with Crippen molar-refractivity contribution >= 4 is 5.96 Å². The van der Waals surface area contributed by atoms with Crippen LogP contribution in [0.3, 0.4) is 0 Å². The Kier molecular flexibility index (Phi) is 8.32. The fourth-order valence-electron chi connectivity index (χ4n) is 2.33. The number of nitrogens with one attached hydrogen (secondary N) is 2. The molecule has 2 aromatic rings. The summed E-state index contributed by atoms with van der Waals surface area (Å²) in [6.07, 6.45) is 3.72. The second kappa shape index (κ2) is 11.1. The van der Waals surface area contributed by atoms with E-state index < -0.39 is 0 Å². The van der Waals surface area contributed by atoms with Crippen LogP contribution in [0.1, 0.15) is 31.5 Å². The van der Waals surface area contributed by atoms with Gasteiger partial charge in [0.2, 0.25) is 0 Å². The van der Waals surface area contributed by atoms with Gasteiger partial charge in [-0.1, -0.05) is 25.1 Å². The Morgan fingerprint density at radius 2 is 2.04 bits per heavy atom. The zero-order valence-electron chi connectivity index (χ0n) is 15.2. The molecule has 0 saturated heterocycles. The Hall–Kier alpha value is -2.56. The number of benzene rings is 1. The highest BCUT2D eigenvalue weighted by molar-refractivity contribution is 5.79. The molecule has 0 aliphatic rings. The average Bonchev–Trinajstić information content (AvgIpc) is 2.65. The second-order valence-corrected chi connectivity index (χ2v) is 5.69. The van der Waals surface area contributed by atoms with Crippen molar-refractivity contribution in [1.29, 1.82) is 0 Å². The number of nitrogens with zero attached hydrogens (tertiary/aromatic N) is 2. The van der Waals surface area contributed by atoms with Crippen LogP contribution in [0, 0.1) is 0 Å². The van der Waals surface area contributed by atoms with Crippen LogP contribution < -0.4 is 15.4 Å². The van der Waals surface area contributed by atoms with Crippen molar-refractivity contribution < 1.29 is 4.74 Å². The highest BCUT2D eigenvalue weighted by atomic mass is 16.5.